The summed E-state index contributed by atoms with van der Waals surface area (Å²) in [7, 11) is 0. The third-order valence-corrected chi connectivity index (χ3v) is 7.04. The summed E-state index contributed by atoms with van der Waals surface area (Å²) < 4.78 is 5.33. The maximum absolute atomic E-state index is 10.4. The Morgan fingerprint density at radius 2 is 2.00 bits per heavy atom. The lowest BCUT2D eigenvalue weighted by Crippen LogP contribution is -2.36. The number of ether oxygens (including phenoxy) is 1. The molecule has 2 aromatic carbocycles. The highest BCUT2D eigenvalue weighted by Gasteiger charge is 2.41. The Labute approximate surface area is 175 Å². The highest BCUT2D eigenvalue weighted by Crippen LogP contribution is 2.50. The molecule has 1 fully saturated rings. The van der Waals surface area contributed by atoms with Crippen molar-refractivity contribution in [2.45, 2.75) is 42.1 Å². The summed E-state index contributed by atoms with van der Waals surface area (Å²) in [5.41, 5.74) is 2.89. The molecule has 0 bridgehead atoms. The van der Waals surface area contributed by atoms with Crippen molar-refractivity contribution in [3.05, 3.63) is 47.5 Å². The average molecular weight is 417 g/mol. The number of hydrogen-bond acceptors (Lipinski definition) is 7. The summed E-state index contributed by atoms with van der Waals surface area (Å²) in [5.74, 6) is 0.243. The van der Waals surface area contributed by atoms with Crippen LogP contribution in [-0.4, -0.2) is 58.8 Å². The minimum atomic E-state index is -0.290. The Morgan fingerprint density at radius 3 is 2.69 bits per heavy atom. The van der Waals surface area contributed by atoms with Crippen LogP contribution in [0.2, 0.25) is 0 Å². The first-order chi connectivity index (χ1) is 14.0. The number of likely N-dealkylation sites (tertiary alicyclic amines) is 1. The van der Waals surface area contributed by atoms with Crippen LogP contribution >= 0.6 is 11.8 Å². The van der Waals surface area contributed by atoms with Gasteiger partial charge in [0, 0.05) is 48.0 Å². The summed E-state index contributed by atoms with van der Waals surface area (Å²) in [6, 6.07) is 11.6. The lowest BCUT2D eigenvalue weighted by molar-refractivity contribution is 0.160. The number of benzene rings is 2. The number of thioether (sulfide) groups is 1. The molecule has 1 heterocycles. The lowest BCUT2D eigenvalue weighted by Gasteiger charge is -2.29. The van der Waals surface area contributed by atoms with E-state index in [1.54, 1.807) is 17.8 Å². The van der Waals surface area contributed by atoms with Gasteiger partial charge in [-0.15, -0.1) is 11.8 Å². The van der Waals surface area contributed by atoms with Crippen LogP contribution in [0.25, 0.3) is 0 Å². The number of nitrogens with one attached hydrogen (secondary N) is 1. The molecule has 0 amide bonds. The lowest BCUT2D eigenvalue weighted by atomic mass is 10.1. The van der Waals surface area contributed by atoms with Crippen LogP contribution in [0.4, 0.5) is 5.69 Å². The third kappa shape index (κ3) is 4.48. The molecule has 4 N–H and O–H groups in total. The number of hydrogen-bond donors (Lipinski definition) is 4. The van der Waals surface area contributed by atoms with Crippen molar-refractivity contribution < 1.29 is 20.1 Å². The number of phenolic OH excluding ortho intramolecular Hbond substituents is 2. The Kier molecular flexibility index (Phi) is 6.20. The van der Waals surface area contributed by atoms with E-state index in [0.717, 1.165) is 41.1 Å². The summed E-state index contributed by atoms with van der Waals surface area (Å²) in [4.78, 5) is 3.44. The van der Waals surface area contributed by atoms with Gasteiger partial charge in [0.1, 0.15) is 18.2 Å². The summed E-state index contributed by atoms with van der Waals surface area (Å²) >= 11 is 1.74. The molecule has 1 saturated heterocycles. The van der Waals surface area contributed by atoms with E-state index in [-0.39, 0.29) is 28.9 Å². The first-order valence-corrected chi connectivity index (χ1v) is 11.0. The second-order valence-electron chi connectivity index (χ2n) is 7.62. The topological polar surface area (TPSA) is 85.2 Å². The molecule has 0 saturated carbocycles. The molecule has 6 nitrogen and oxygen atoms in total. The number of β-amino-alcohol motifs (C(OH)–C–C–N with tert-alkyl or cyclic N) is 1. The van der Waals surface area contributed by atoms with Crippen molar-refractivity contribution in [3.8, 4) is 11.5 Å². The van der Waals surface area contributed by atoms with Crippen LogP contribution in [0.3, 0.4) is 0 Å². The van der Waals surface area contributed by atoms with Crippen molar-refractivity contribution in [3.63, 3.8) is 0 Å². The molecule has 0 unspecified atom stereocenters. The number of aliphatic hydroxyl groups excluding tert-OH is 1. The Bertz CT molecular complexity index is 845. The van der Waals surface area contributed by atoms with Gasteiger partial charge >= 0.3 is 0 Å². The SMILES string of the molecule is CCOCNc1ccc(S[C@H]2c3cc(O)cc(O)c3C[C@@H]2N2CC[C@@H](O)C2)cc1. The van der Waals surface area contributed by atoms with Crippen molar-refractivity contribution >= 4 is 17.4 Å². The van der Waals surface area contributed by atoms with Crippen molar-refractivity contribution in [1.82, 2.24) is 4.90 Å². The Balaban J connectivity index is 1.56. The van der Waals surface area contributed by atoms with Gasteiger partial charge < -0.3 is 25.4 Å². The quantitative estimate of drug-likeness (QED) is 0.407. The van der Waals surface area contributed by atoms with Gasteiger partial charge in [-0.05, 0) is 55.7 Å². The number of aromatic hydroxyl groups is 2. The van der Waals surface area contributed by atoms with Gasteiger partial charge in [-0.25, -0.2) is 0 Å². The highest BCUT2D eigenvalue weighted by atomic mass is 32.2. The number of phenols is 2. The number of anilines is 1. The Hall–Kier alpha value is -1.93. The molecule has 2 aromatic rings. The molecule has 156 valence electrons. The van der Waals surface area contributed by atoms with Gasteiger partial charge in [0.15, 0.2) is 0 Å². The maximum Gasteiger partial charge on any atom is 0.122 e. The Morgan fingerprint density at radius 1 is 1.21 bits per heavy atom. The van der Waals surface area contributed by atoms with Gasteiger partial charge in [0.25, 0.3) is 0 Å². The molecule has 0 aromatic heterocycles. The van der Waals surface area contributed by atoms with Gasteiger partial charge in [0.05, 0.1) is 11.4 Å². The molecule has 2 aliphatic rings. The number of rotatable bonds is 7. The molecular formula is C22H28N2O4S. The summed E-state index contributed by atoms with van der Waals surface area (Å²) in [6.07, 6.45) is 1.21. The summed E-state index contributed by atoms with van der Waals surface area (Å²) in [5, 5.41) is 33.8. The van der Waals surface area contributed by atoms with Crippen LogP contribution < -0.4 is 5.32 Å². The zero-order valence-electron chi connectivity index (χ0n) is 16.5. The van der Waals surface area contributed by atoms with E-state index < -0.39 is 0 Å². The summed E-state index contributed by atoms with van der Waals surface area (Å²) in [6.45, 7) is 4.63. The largest absolute Gasteiger partial charge is 0.508 e. The van der Waals surface area contributed by atoms with E-state index in [1.165, 1.54) is 6.07 Å². The number of aliphatic hydroxyl groups is 1. The number of nitrogens with zero attached hydrogens (tertiary/aromatic N) is 1. The van der Waals surface area contributed by atoms with Gasteiger partial charge in [0.2, 0.25) is 0 Å². The van der Waals surface area contributed by atoms with Crippen LogP contribution in [0.1, 0.15) is 29.7 Å². The van der Waals surface area contributed by atoms with E-state index in [2.05, 4.69) is 22.3 Å². The molecule has 29 heavy (non-hydrogen) atoms. The fourth-order valence-electron chi connectivity index (χ4n) is 4.23. The fraction of sp³-hybridized carbons (Fsp3) is 0.455. The van der Waals surface area contributed by atoms with E-state index in [9.17, 15) is 15.3 Å². The van der Waals surface area contributed by atoms with E-state index in [1.807, 2.05) is 19.1 Å². The van der Waals surface area contributed by atoms with Crippen LogP contribution in [0.15, 0.2) is 41.3 Å². The molecule has 4 rings (SSSR count). The first kappa shape index (κ1) is 20.3. The van der Waals surface area contributed by atoms with Gasteiger partial charge in [-0.2, -0.15) is 0 Å². The zero-order chi connectivity index (χ0) is 20.4. The minimum absolute atomic E-state index is 0.0792. The standard InChI is InChI=1S/C22H28N2O4S/c1-2-28-13-23-14-3-5-17(6-4-14)29-22-19-9-16(26)10-21(27)18(19)11-20(22)24-8-7-15(25)12-24/h3-6,9-10,15,20,22-23,25-27H,2,7-8,11-13H2,1H3/t15-,20+,22+/m1/s1. The molecular weight excluding hydrogens is 388 g/mol. The second kappa shape index (κ2) is 8.83. The van der Waals surface area contributed by atoms with E-state index in [0.29, 0.717) is 19.9 Å². The van der Waals surface area contributed by atoms with E-state index >= 15 is 0 Å². The van der Waals surface area contributed by atoms with Gasteiger partial charge in [-0.3, -0.25) is 4.90 Å². The fourth-order valence-corrected chi connectivity index (χ4v) is 5.58. The zero-order valence-corrected chi connectivity index (χ0v) is 17.4. The molecule has 1 aliphatic carbocycles. The van der Waals surface area contributed by atoms with Crippen LogP contribution in [-0.2, 0) is 11.2 Å². The van der Waals surface area contributed by atoms with Crippen LogP contribution in [0.5, 0.6) is 11.5 Å². The molecule has 1 aliphatic heterocycles. The highest BCUT2D eigenvalue weighted by molar-refractivity contribution is 7.99. The molecule has 0 radical (unpaired) electrons. The maximum atomic E-state index is 10.4. The monoisotopic (exact) mass is 416 g/mol. The van der Waals surface area contributed by atoms with Crippen molar-refractivity contribution in [2.75, 3.05) is 31.7 Å². The van der Waals surface area contributed by atoms with Crippen molar-refractivity contribution in [1.29, 1.82) is 0 Å². The smallest absolute Gasteiger partial charge is 0.122 e. The molecule has 3 atom stereocenters. The predicted molar refractivity (Wildman–Crippen MR) is 115 cm³/mol. The van der Waals surface area contributed by atoms with Crippen molar-refractivity contribution in [2.24, 2.45) is 0 Å². The minimum Gasteiger partial charge on any atom is -0.508 e. The second-order valence-corrected chi connectivity index (χ2v) is 8.83. The van der Waals surface area contributed by atoms with E-state index in [4.69, 9.17) is 4.74 Å². The van der Waals surface area contributed by atoms with Gasteiger partial charge in [-0.1, -0.05) is 0 Å². The average Bonchev–Trinajstić information content (AvgIpc) is 3.27. The molecule has 7 heteroatoms. The molecule has 0 spiro atoms. The third-order valence-electron chi connectivity index (χ3n) is 5.68. The predicted octanol–water partition coefficient (Wildman–Crippen LogP) is 3.33. The normalized spacial score (nSPS) is 24.0. The first-order valence-electron chi connectivity index (χ1n) is 10.1. The van der Waals surface area contributed by atoms with Crippen LogP contribution in [0, 0.1) is 0 Å². The number of fused-ring (bicyclic) bond motifs is 1.